The first kappa shape index (κ1) is 13.9. The molecule has 0 saturated carbocycles. The van der Waals surface area contributed by atoms with Gasteiger partial charge in [0.05, 0.1) is 18.8 Å². The Labute approximate surface area is 114 Å². The highest BCUT2D eigenvalue weighted by Gasteiger charge is 2.30. The van der Waals surface area contributed by atoms with Gasteiger partial charge >= 0.3 is 0 Å². The lowest BCUT2D eigenvalue weighted by atomic mass is 9.98. The van der Waals surface area contributed by atoms with Gasteiger partial charge in [0.1, 0.15) is 5.75 Å². The summed E-state index contributed by atoms with van der Waals surface area (Å²) in [6.07, 6.45) is 1.95. The third-order valence-corrected chi connectivity index (χ3v) is 3.67. The van der Waals surface area contributed by atoms with Gasteiger partial charge in [0.15, 0.2) is 0 Å². The standard InChI is InChI=1S/C15H22N2O2/c1-10(2)13(16)15(18)17-9-5-7-11-6-4-8-12(19-3)14(11)17/h4,6,8,10,13H,5,7,9,16H2,1-3H3/t13-/m1/s1. The molecule has 1 amide bonds. The van der Waals surface area contributed by atoms with Crippen LogP contribution >= 0.6 is 0 Å². The molecule has 1 aromatic carbocycles. The largest absolute Gasteiger partial charge is 0.495 e. The number of nitrogens with zero attached hydrogens (tertiary/aromatic N) is 1. The Hall–Kier alpha value is -1.55. The van der Waals surface area contributed by atoms with E-state index in [-0.39, 0.29) is 11.8 Å². The second-order valence-electron chi connectivity index (χ2n) is 5.33. The number of carbonyl (C=O) groups is 1. The molecular weight excluding hydrogens is 240 g/mol. The zero-order valence-corrected chi connectivity index (χ0v) is 11.8. The summed E-state index contributed by atoms with van der Waals surface area (Å²) in [5.41, 5.74) is 8.07. The number of para-hydroxylation sites is 1. The summed E-state index contributed by atoms with van der Waals surface area (Å²) < 4.78 is 5.40. The highest BCUT2D eigenvalue weighted by Crippen LogP contribution is 2.36. The van der Waals surface area contributed by atoms with Crippen LogP contribution in [0.2, 0.25) is 0 Å². The number of amides is 1. The fourth-order valence-electron chi connectivity index (χ4n) is 2.47. The molecule has 0 spiro atoms. The molecule has 0 fully saturated rings. The number of carbonyl (C=O) groups excluding carboxylic acids is 1. The lowest BCUT2D eigenvalue weighted by Gasteiger charge is -2.33. The number of nitrogens with two attached hydrogens (primary N) is 1. The molecule has 1 atom stereocenters. The molecule has 4 heteroatoms. The molecule has 1 aliphatic heterocycles. The van der Waals surface area contributed by atoms with E-state index in [1.165, 1.54) is 0 Å². The van der Waals surface area contributed by atoms with E-state index in [1.807, 2.05) is 26.0 Å². The lowest BCUT2D eigenvalue weighted by molar-refractivity contribution is -0.120. The highest BCUT2D eigenvalue weighted by molar-refractivity contribution is 5.99. The summed E-state index contributed by atoms with van der Waals surface area (Å²) in [7, 11) is 1.63. The minimum Gasteiger partial charge on any atom is -0.495 e. The Balaban J connectivity index is 2.39. The molecule has 0 bridgehead atoms. The monoisotopic (exact) mass is 262 g/mol. The average molecular weight is 262 g/mol. The molecule has 1 aromatic rings. The summed E-state index contributed by atoms with van der Waals surface area (Å²) in [4.78, 5) is 14.3. The van der Waals surface area contributed by atoms with Crippen LogP contribution in [0.1, 0.15) is 25.8 Å². The number of rotatable bonds is 3. The highest BCUT2D eigenvalue weighted by atomic mass is 16.5. The molecule has 4 nitrogen and oxygen atoms in total. The third-order valence-electron chi connectivity index (χ3n) is 3.67. The summed E-state index contributed by atoms with van der Waals surface area (Å²) in [5.74, 6) is 0.870. The maximum Gasteiger partial charge on any atom is 0.244 e. The Kier molecular flexibility index (Phi) is 4.10. The predicted molar refractivity (Wildman–Crippen MR) is 76.5 cm³/mol. The van der Waals surface area contributed by atoms with Crippen LogP contribution in [0.5, 0.6) is 5.75 Å². The van der Waals surface area contributed by atoms with E-state index < -0.39 is 6.04 Å². The fourth-order valence-corrected chi connectivity index (χ4v) is 2.47. The normalized spacial score (nSPS) is 16.2. The van der Waals surface area contributed by atoms with E-state index >= 15 is 0 Å². The Morgan fingerprint density at radius 2 is 2.16 bits per heavy atom. The van der Waals surface area contributed by atoms with Crippen molar-refractivity contribution >= 4 is 11.6 Å². The topological polar surface area (TPSA) is 55.6 Å². The molecule has 2 rings (SSSR count). The smallest absolute Gasteiger partial charge is 0.244 e. The van der Waals surface area contributed by atoms with Gasteiger partial charge in [-0.3, -0.25) is 4.79 Å². The minimum atomic E-state index is -0.462. The number of anilines is 1. The van der Waals surface area contributed by atoms with Gasteiger partial charge < -0.3 is 15.4 Å². The second-order valence-corrected chi connectivity index (χ2v) is 5.33. The third kappa shape index (κ3) is 2.59. The number of hydrogen-bond acceptors (Lipinski definition) is 3. The van der Waals surface area contributed by atoms with Crippen LogP contribution in [-0.2, 0) is 11.2 Å². The number of aryl methyl sites for hydroxylation is 1. The fraction of sp³-hybridized carbons (Fsp3) is 0.533. The average Bonchev–Trinajstić information content (AvgIpc) is 2.44. The van der Waals surface area contributed by atoms with Gasteiger partial charge in [-0.2, -0.15) is 0 Å². The summed E-state index contributed by atoms with van der Waals surface area (Å²) in [6.45, 7) is 4.65. The number of fused-ring (bicyclic) bond motifs is 1. The first-order valence-corrected chi connectivity index (χ1v) is 6.79. The van der Waals surface area contributed by atoms with Gasteiger partial charge in [0, 0.05) is 6.54 Å². The molecule has 0 aliphatic carbocycles. The maximum absolute atomic E-state index is 12.5. The van der Waals surface area contributed by atoms with E-state index in [0.29, 0.717) is 6.54 Å². The van der Waals surface area contributed by atoms with Gasteiger partial charge in [-0.25, -0.2) is 0 Å². The molecule has 1 aliphatic rings. The second kappa shape index (κ2) is 5.61. The Bertz CT molecular complexity index is 457. The Morgan fingerprint density at radius 1 is 1.42 bits per heavy atom. The van der Waals surface area contributed by atoms with Crippen LogP contribution in [0, 0.1) is 5.92 Å². The van der Waals surface area contributed by atoms with Crippen LogP contribution in [0.3, 0.4) is 0 Å². The van der Waals surface area contributed by atoms with E-state index in [4.69, 9.17) is 10.5 Å². The van der Waals surface area contributed by atoms with Gasteiger partial charge in [-0.1, -0.05) is 26.0 Å². The summed E-state index contributed by atoms with van der Waals surface area (Å²) in [6, 6.07) is 5.45. The van der Waals surface area contributed by atoms with Gasteiger partial charge in [-0.15, -0.1) is 0 Å². The van der Waals surface area contributed by atoms with Crippen molar-refractivity contribution < 1.29 is 9.53 Å². The zero-order valence-electron chi connectivity index (χ0n) is 11.8. The molecule has 104 valence electrons. The Morgan fingerprint density at radius 3 is 2.79 bits per heavy atom. The molecule has 19 heavy (non-hydrogen) atoms. The van der Waals surface area contributed by atoms with E-state index in [1.54, 1.807) is 12.0 Å². The molecule has 0 unspecified atom stereocenters. The van der Waals surface area contributed by atoms with Crippen LogP contribution in [0.25, 0.3) is 0 Å². The summed E-state index contributed by atoms with van der Waals surface area (Å²) in [5, 5.41) is 0. The van der Waals surface area contributed by atoms with Gasteiger partial charge in [-0.05, 0) is 30.4 Å². The van der Waals surface area contributed by atoms with Crippen LogP contribution < -0.4 is 15.4 Å². The minimum absolute atomic E-state index is 0.0135. The van der Waals surface area contributed by atoms with Gasteiger partial charge in [0.2, 0.25) is 5.91 Å². The van der Waals surface area contributed by atoms with Crippen molar-refractivity contribution in [1.82, 2.24) is 0 Å². The van der Waals surface area contributed by atoms with E-state index in [2.05, 4.69) is 6.07 Å². The van der Waals surface area contributed by atoms with Crippen LogP contribution in [0.4, 0.5) is 5.69 Å². The van der Waals surface area contributed by atoms with E-state index in [0.717, 1.165) is 29.8 Å². The van der Waals surface area contributed by atoms with Crippen LogP contribution in [-0.4, -0.2) is 25.6 Å². The SMILES string of the molecule is COc1cccc2c1N(C(=O)[C@H](N)C(C)C)CCC2. The van der Waals surface area contributed by atoms with Crippen molar-refractivity contribution in [3.63, 3.8) is 0 Å². The van der Waals surface area contributed by atoms with Crippen LogP contribution in [0.15, 0.2) is 18.2 Å². The lowest BCUT2D eigenvalue weighted by Crippen LogP contribution is -2.48. The quantitative estimate of drug-likeness (QED) is 0.906. The molecule has 2 N–H and O–H groups in total. The van der Waals surface area contributed by atoms with Crippen molar-refractivity contribution in [2.24, 2.45) is 11.7 Å². The summed E-state index contributed by atoms with van der Waals surface area (Å²) >= 11 is 0. The number of benzene rings is 1. The van der Waals surface area contributed by atoms with Crippen molar-refractivity contribution in [2.75, 3.05) is 18.6 Å². The first-order chi connectivity index (χ1) is 9.06. The van der Waals surface area contributed by atoms with Crippen molar-refractivity contribution in [3.05, 3.63) is 23.8 Å². The zero-order chi connectivity index (χ0) is 14.0. The number of methoxy groups -OCH3 is 1. The van der Waals surface area contributed by atoms with E-state index in [9.17, 15) is 4.79 Å². The molecule has 0 aromatic heterocycles. The van der Waals surface area contributed by atoms with Crippen molar-refractivity contribution in [3.8, 4) is 5.75 Å². The van der Waals surface area contributed by atoms with Gasteiger partial charge in [0.25, 0.3) is 0 Å². The van der Waals surface area contributed by atoms with Crippen molar-refractivity contribution in [1.29, 1.82) is 0 Å². The molecule has 1 heterocycles. The number of ether oxygens (including phenoxy) is 1. The molecule has 0 saturated heterocycles. The van der Waals surface area contributed by atoms with Crippen molar-refractivity contribution in [2.45, 2.75) is 32.7 Å². The first-order valence-electron chi connectivity index (χ1n) is 6.79. The molecule has 0 radical (unpaired) electrons. The number of hydrogen-bond donors (Lipinski definition) is 1. The maximum atomic E-state index is 12.5. The predicted octanol–water partition coefficient (Wildman–Crippen LogP) is 1.96. The molecular formula is C15H22N2O2.